The summed E-state index contributed by atoms with van der Waals surface area (Å²) in [6.07, 6.45) is 7.98. The first-order valence-corrected chi connectivity index (χ1v) is 8.09. The van der Waals surface area contributed by atoms with Gasteiger partial charge in [-0.3, -0.25) is 0 Å². The number of fused-ring (bicyclic) bond motifs is 1. The Bertz CT molecular complexity index is 342. The molecule has 3 atom stereocenters. The minimum Gasteiger partial charge on any atom is -0.393 e. The number of rotatable bonds is 2. The van der Waals surface area contributed by atoms with Crippen molar-refractivity contribution in [1.82, 2.24) is 10.6 Å². The molecule has 1 saturated heterocycles. The van der Waals surface area contributed by atoms with Crippen molar-refractivity contribution in [3.8, 4) is 0 Å². The largest absolute Gasteiger partial charge is 0.393 e. The molecule has 114 valence electrons. The van der Waals surface area contributed by atoms with Gasteiger partial charge in [0.1, 0.15) is 0 Å². The third-order valence-corrected chi connectivity index (χ3v) is 5.13. The smallest absolute Gasteiger partial charge is 0.315 e. The summed E-state index contributed by atoms with van der Waals surface area (Å²) >= 11 is 0. The Balaban J connectivity index is 1.46. The van der Waals surface area contributed by atoms with Crippen LogP contribution in [0.25, 0.3) is 0 Å². The van der Waals surface area contributed by atoms with E-state index in [4.69, 9.17) is 4.74 Å². The highest BCUT2D eigenvalue weighted by Crippen LogP contribution is 2.34. The summed E-state index contributed by atoms with van der Waals surface area (Å²) in [5.41, 5.74) is 0. The van der Waals surface area contributed by atoms with Crippen LogP contribution in [0.4, 0.5) is 4.79 Å². The summed E-state index contributed by atoms with van der Waals surface area (Å²) in [5.74, 6) is 0.502. The van der Waals surface area contributed by atoms with E-state index in [-0.39, 0.29) is 24.2 Å². The lowest BCUT2D eigenvalue weighted by atomic mass is 9.82. The molecule has 2 saturated carbocycles. The number of aliphatic hydroxyl groups is 1. The van der Waals surface area contributed by atoms with Crippen molar-refractivity contribution >= 4 is 6.03 Å². The molecule has 0 spiro atoms. The fraction of sp³-hybridized carbons (Fsp3) is 0.933. The number of urea groups is 1. The van der Waals surface area contributed by atoms with Crippen LogP contribution in [0.5, 0.6) is 0 Å². The van der Waals surface area contributed by atoms with Gasteiger partial charge in [0.05, 0.1) is 12.2 Å². The second kappa shape index (κ2) is 6.31. The summed E-state index contributed by atoms with van der Waals surface area (Å²) in [5, 5.41) is 15.7. The van der Waals surface area contributed by atoms with Crippen molar-refractivity contribution < 1.29 is 14.6 Å². The van der Waals surface area contributed by atoms with Crippen molar-refractivity contribution in [3.63, 3.8) is 0 Å². The van der Waals surface area contributed by atoms with E-state index in [1.165, 1.54) is 0 Å². The van der Waals surface area contributed by atoms with Gasteiger partial charge in [0.25, 0.3) is 0 Å². The van der Waals surface area contributed by atoms with E-state index < -0.39 is 0 Å². The zero-order valence-electron chi connectivity index (χ0n) is 12.0. The lowest BCUT2D eigenvalue weighted by Crippen LogP contribution is -2.51. The minimum atomic E-state index is -0.175. The molecule has 3 unspecified atom stereocenters. The normalized spacial score (nSPS) is 41.0. The Morgan fingerprint density at radius 2 is 1.80 bits per heavy atom. The van der Waals surface area contributed by atoms with Gasteiger partial charge in [-0.25, -0.2) is 4.79 Å². The fourth-order valence-electron chi connectivity index (χ4n) is 3.97. The first-order chi connectivity index (χ1) is 9.72. The van der Waals surface area contributed by atoms with Gasteiger partial charge in [-0.2, -0.15) is 0 Å². The predicted molar refractivity (Wildman–Crippen MR) is 75.4 cm³/mol. The van der Waals surface area contributed by atoms with E-state index in [0.29, 0.717) is 12.0 Å². The highest BCUT2D eigenvalue weighted by Gasteiger charge is 2.38. The molecule has 0 bridgehead atoms. The maximum Gasteiger partial charge on any atom is 0.315 e. The van der Waals surface area contributed by atoms with E-state index in [9.17, 15) is 9.90 Å². The molecule has 0 aromatic carbocycles. The summed E-state index contributed by atoms with van der Waals surface area (Å²) in [7, 11) is 0. The Morgan fingerprint density at radius 1 is 1.00 bits per heavy atom. The average molecular weight is 282 g/mol. The Labute approximate surface area is 120 Å². The van der Waals surface area contributed by atoms with Crippen LogP contribution in [0, 0.1) is 5.92 Å². The van der Waals surface area contributed by atoms with Crippen LogP contribution >= 0.6 is 0 Å². The first kappa shape index (κ1) is 14.1. The maximum atomic E-state index is 12.1. The van der Waals surface area contributed by atoms with E-state index in [0.717, 1.165) is 58.0 Å². The van der Waals surface area contributed by atoms with Crippen molar-refractivity contribution in [2.75, 3.05) is 6.61 Å². The number of nitrogens with one attached hydrogen (secondary N) is 2. The molecule has 1 heterocycles. The SMILES string of the molecule is O=C(NC1CCC(O)CC1)NC1CCCC2OCCC12. The number of hydrogen-bond acceptors (Lipinski definition) is 3. The molecule has 2 aliphatic carbocycles. The molecule has 3 aliphatic rings. The second-order valence-corrected chi connectivity index (χ2v) is 6.52. The molecular formula is C15H26N2O3. The average Bonchev–Trinajstić information content (AvgIpc) is 2.91. The summed E-state index contributed by atoms with van der Waals surface area (Å²) in [6, 6.07) is 0.451. The van der Waals surface area contributed by atoms with E-state index >= 15 is 0 Å². The minimum absolute atomic E-state index is 0.0380. The van der Waals surface area contributed by atoms with E-state index in [1.54, 1.807) is 0 Å². The molecule has 5 nitrogen and oxygen atoms in total. The molecule has 3 N–H and O–H groups in total. The zero-order chi connectivity index (χ0) is 13.9. The van der Waals surface area contributed by atoms with Crippen LogP contribution in [0.15, 0.2) is 0 Å². The third kappa shape index (κ3) is 3.26. The lowest BCUT2D eigenvalue weighted by Gasteiger charge is -2.34. The predicted octanol–water partition coefficient (Wildman–Crippen LogP) is 1.55. The molecule has 0 aromatic rings. The first-order valence-electron chi connectivity index (χ1n) is 8.09. The van der Waals surface area contributed by atoms with Gasteiger partial charge in [-0.15, -0.1) is 0 Å². The quantitative estimate of drug-likeness (QED) is 0.719. The standard InChI is InChI=1S/C15H26N2O3/c18-11-6-4-10(5-7-11)16-15(19)17-13-2-1-3-14-12(13)8-9-20-14/h10-14,18H,1-9H2,(H2,16,17,19). The van der Waals surface area contributed by atoms with Gasteiger partial charge >= 0.3 is 6.03 Å². The summed E-state index contributed by atoms with van der Waals surface area (Å²) in [4.78, 5) is 12.1. The molecule has 2 amide bonds. The maximum absolute atomic E-state index is 12.1. The van der Waals surface area contributed by atoms with Gasteiger partial charge in [0.2, 0.25) is 0 Å². The number of carbonyl (C=O) groups excluding carboxylic acids is 1. The van der Waals surface area contributed by atoms with E-state index in [2.05, 4.69) is 10.6 Å². The van der Waals surface area contributed by atoms with Crippen LogP contribution in [0.2, 0.25) is 0 Å². The Kier molecular flexibility index (Phi) is 4.46. The van der Waals surface area contributed by atoms with Crippen molar-refractivity contribution in [3.05, 3.63) is 0 Å². The number of amides is 2. The molecule has 20 heavy (non-hydrogen) atoms. The third-order valence-electron chi connectivity index (χ3n) is 5.13. The van der Waals surface area contributed by atoms with Crippen LogP contribution in [-0.2, 0) is 4.74 Å². The van der Waals surface area contributed by atoms with Crippen molar-refractivity contribution in [2.24, 2.45) is 5.92 Å². The van der Waals surface area contributed by atoms with Crippen molar-refractivity contribution in [1.29, 1.82) is 0 Å². The fourth-order valence-corrected chi connectivity index (χ4v) is 3.97. The number of aliphatic hydroxyl groups excluding tert-OH is 1. The molecule has 3 fully saturated rings. The van der Waals surface area contributed by atoms with Gasteiger partial charge < -0.3 is 20.5 Å². The monoisotopic (exact) mass is 282 g/mol. The summed E-state index contributed by atoms with van der Waals surface area (Å²) < 4.78 is 5.73. The van der Waals surface area contributed by atoms with Crippen LogP contribution in [0.1, 0.15) is 51.4 Å². The molecule has 0 aromatic heterocycles. The van der Waals surface area contributed by atoms with Crippen LogP contribution < -0.4 is 10.6 Å². The van der Waals surface area contributed by atoms with Crippen molar-refractivity contribution in [2.45, 2.75) is 75.7 Å². The Morgan fingerprint density at radius 3 is 2.60 bits per heavy atom. The summed E-state index contributed by atoms with van der Waals surface area (Å²) in [6.45, 7) is 0.843. The van der Waals surface area contributed by atoms with Gasteiger partial charge in [-0.05, 0) is 51.4 Å². The highest BCUT2D eigenvalue weighted by atomic mass is 16.5. The molecule has 1 aliphatic heterocycles. The van der Waals surface area contributed by atoms with Crippen LogP contribution in [-0.4, -0.2) is 42.0 Å². The lowest BCUT2D eigenvalue weighted by molar-refractivity contribution is 0.0547. The Hall–Kier alpha value is -0.810. The second-order valence-electron chi connectivity index (χ2n) is 6.52. The molecular weight excluding hydrogens is 256 g/mol. The highest BCUT2D eigenvalue weighted by molar-refractivity contribution is 5.74. The molecule has 5 heteroatoms. The zero-order valence-corrected chi connectivity index (χ0v) is 12.0. The molecule has 3 rings (SSSR count). The topological polar surface area (TPSA) is 70.6 Å². The van der Waals surface area contributed by atoms with Gasteiger partial charge in [-0.1, -0.05) is 0 Å². The van der Waals surface area contributed by atoms with E-state index in [1.807, 2.05) is 0 Å². The van der Waals surface area contributed by atoms with Crippen LogP contribution in [0.3, 0.4) is 0 Å². The number of ether oxygens (including phenoxy) is 1. The van der Waals surface area contributed by atoms with Gasteiger partial charge in [0, 0.05) is 24.6 Å². The molecule has 0 radical (unpaired) electrons. The number of carbonyl (C=O) groups is 1. The number of hydrogen-bond donors (Lipinski definition) is 3. The van der Waals surface area contributed by atoms with Gasteiger partial charge in [0.15, 0.2) is 0 Å².